The second-order valence-corrected chi connectivity index (χ2v) is 25.7. The van der Waals surface area contributed by atoms with E-state index in [9.17, 15) is 39.6 Å². The average molecular weight is 1330 g/mol. The maximum atomic E-state index is 11.6. The minimum atomic E-state index is -0.877. The van der Waals surface area contributed by atoms with Gasteiger partial charge in [-0.25, -0.2) is 9.97 Å². The molecule has 100 heavy (non-hydrogen) atoms. The van der Waals surface area contributed by atoms with Crippen molar-refractivity contribution in [1.29, 1.82) is 0 Å². The molecule has 0 fully saturated rings. The molecule has 15 rings (SSSR count). The van der Waals surface area contributed by atoms with Crippen molar-refractivity contribution in [3.05, 3.63) is 194 Å². The predicted molar refractivity (Wildman–Crippen MR) is 394 cm³/mol. The number of fused-ring (bicyclic) bond motifs is 24. The first-order valence-corrected chi connectivity index (χ1v) is 34.0. The van der Waals surface area contributed by atoms with Crippen LogP contribution in [0.3, 0.4) is 0 Å². The van der Waals surface area contributed by atoms with Crippen LogP contribution < -0.4 is 18.9 Å². The maximum absolute atomic E-state index is 11.6. The third-order valence-corrected chi connectivity index (χ3v) is 18.8. The van der Waals surface area contributed by atoms with Gasteiger partial charge in [0.1, 0.15) is 23.0 Å². The SMILES string of the molecule is O=C(O)CCCCOc1cc(OCCCCC(=O)O)cc(-c2c3nc(cc4[nH]c(c(-c5cc(OCCCCC(=O)O)cc(OCCCCC(=O)O)c5)c5nc(cc6[nH]c2c2cc7ccccc7cc62)-c2cc6ccccc6cc2-5)c2cc5ccccc5cc42)-c2cc4ccccc4cc2-3)c1. The van der Waals surface area contributed by atoms with Crippen LogP contribution in [0.25, 0.3) is 154 Å². The molecule has 16 heteroatoms. The second kappa shape index (κ2) is 27.8. The molecule has 0 spiro atoms. The number of benzene rings is 10. The lowest BCUT2D eigenvalue weighted by Gasteiger charge is -2.14. The highest BCUT2D eigenvalue weighted by Crippen LogP contribution is 2.51. The Balaban J connectivity index is 1.09. The van der Waals surface area contributed by atoms with Crippen molar-refractivity contribution < 1.29 is 58.6 Å². The number of hydrogen-bond acceptors (Lipinski definition) is 10. The minimum absolute atomic E-state index is 0.00663. The predicted octanol–water partition coefficient (Wildman–Crippen LogP) is 19.8. The van der Waals surface area contributed by atoms with Crippen LogP contribution in [0.15, 0.2) is 194 Å². The first-order valence-electron chi connectivity index (χ1n) is 34.0. The van der Waals surface area contributed by atoms with Gasteiger partial charge in [-0.2, -0.15) is 0 Å². The van der Waals surface area contributed by atoms with Crippen LogP contribution in [0, 0.1) is 0 Å². The van der Waals surface area contributed by atoms with E-state index in [1.165, 1.54) is 0 Å². The Morgan fingerprint density at radius 2 is 0.580 bits per heavy atom. The lowest BCUT2D eigenvalue weighted by molar-refractivity contribution is -0.138. The fourth-order valence-electron chi connectivity index (χ4n) is 14.0. The van der Waals surface area contributed by atoms with Gasteiger partial charge in [-0.15, -0.1) is 0 Å². The van der Waals surface area contributed by atoms with Crippen LogP contribution in [0.4, 0.5) is 0 Å². The molecule has 13 aromatic rings. The highest BCUT2D eigenvalue weighted by atomic mass is 16.5. The molecular weight excluding hydrogens is 1260 g/mol. The number of ether oxygens (including phenoxy) is 4. The largest absolute Gasteiger partial charge is 0.493 e. The first-order chi connectivity index (χ1) is 48.8. The molecule has 5 heterocycles. The van der Waals surface area contributed by atoms with Gasteiger partial charge in [0.25, 0.3) is 0 Å². The average Bonchev–Trinajstić information content (AvgIpc) is 1.61. The Morgan fingerprint density at radius 1 is 0.310 bits per heavy atom. The fraction of sp³-hybridized carbons (Fsp3) is 0.190. The number of hydrogen-bond donors (Lipinski definition) is 6. The summed E-state index contributed by atoms with van der Waals surface area (Å²) in [6.45, 7) is 0.953. The van der Waals surface area contributed by atoms with Gasteiger partial charge < -0.3 is 49.3 Å². The summed E-state index contributed by atoms with van der Waals surface area (Å²) in [5, 5.41) is 49.9. The summed E-state index contributed by atoms with van der Waals surface area (Å²) in [6, 6.07) is 66.9. The van der Waals surface area contributed by atoms with Gasteiger partial charge in [-0.3, -0.25) is 19.2 Å². The van der Waals surface area contributed by atoms with E-state index < -0.39 is 23.9 Å². The van der Waals surface area contributed by atoms with Crippen molar-refractivity contribution in [3.63, 3.8) is 0 Å². The molecule has 0 radical (unpaired) electrons. The van der Waals surface area contributed by atoms with E-state index in [4.69, 9.17) is 28.9 Å². The number of aromatic amines is 2. The topological polar surface area (TPSA) is 243 Å². The molecule has 0 amide bonds. The van der Waals surface area contributed by atoms with Gasteiger partial charge in [-0.05, 0) is 191 Å². The van der Waals surface area contributed by atoms with Crippen molar-refractivity contribution in [2.75, 3.05) is 26.4 Å². The normalized spacial score (nSPS) is 11.8. The van der Waals surface area contributed by atoms with Gasteiger partial charge in [0.2, 0.25) is 0 Å². The third-order valence-electron chi connectivity index (χ3n) is 18.8. The Bertz CT molecular complexity index is 5210. The van der Waals surface area contributed by atoms with Crippen molar-refractivity contribution in [3.8, 4) is 90.3 Å². The van der Waals surface area contributed by atoms with Crippen LogP contribution in [-0.4, -0.2) is 90.7 Å². The van der Waals surface area contributed by atoms with Crippen LogP contribution in [0.2, 0.25) is 0 Å². The molecule has 8 bridgehead atoms. The Kier molecular flexibility index (Phi) is 17.8. The summed E-state index contributed by atoms with van der Waals surface area (Å²) < 4.78 is 26.4. The van der Waals surface area contributed by atoms with Crippen molar-refractivity contribution in [1.82, 2.24) is 19.9 Å². The van der Waals surface area contributed by atoms with Gasteiger partial charge in [0, 0.05) is 104 Å². The van der Waals surface area contributed by atoms with E-state index in [0.717, 1.165) is 120 Å². The lowest BCUT2D eigenvalue weighted by atomic mass is 9.93. The standard InChI is InChI=1S/C84H70N4O12/c89-75(90)25-9-13-29-97-59-33-57(34-60(45-59)98-30-14-10-26-76(91)92)79-81-67-41-53-21-5-1-17-49(53)37-63(67)71(85-81)47-72-64-38-50-18-2-6-22-54(50)42-68(64)83(86-72)80(58-35-61(99-31-15-11-27-77(93)94)46-62(36-58)100-32-16-12-28-78(95)96)84-70-44-56-24-8-4-20-52(56)40-66(70)74(88-84)48-73-65-39-51-19-3-7-23-55(51)43-69(65)82(79)87-73/h1-8,17-24,33-48,85,88H,9-16,25-32H2,(H,89,90)(H,91,92)(H,93,94)(H,95,96). The number of rotatable bonds is 26. The van der Waals surface area contributed by atoms with Crippen molar-refractivity contribution in [2.24, 2.45) is 0 Å². The molecule has 498 valence electrons. The highest BCUT2D eigenvalue weighted by Gasteiger charge is 2.29. The zero-order valence-electron chi connectivity index (χ0n) is 54.7. The zero-order chi connectivity index (χ0) is 68.4. The molecule has 6 N–H and O–H groups in total. The minimum Gasteiger partial charge on any atom is -0.493 e. The summed E-state index contributed by atoms with van der Waals surface area (Å²) >= 11 is 0. The molecule has 2 aliphatic heterocycles. The second-order valence-electron chi connectivity index (χ2n) is 25.7. The highest BCUT2D eigenvalue weighted by molar-refractivity contribution is 6.21. The van der Waals surface area contributed by atoms with E-state index in [-0.39, 0.29) is 52.1 Å². The van der Waals surface area contributed by atoms with E-state index in [1.807, 2.05) is 84.9 Å². The number of nitrogens with zero attached hydrogens (tertiary/aromatic N) is 2. The molecule has 0 atom stereocenters. The Hall–Kier alpha value is -12.0. The number of aliphatic carboxylic acids is 4. The van der Waals surface area contributed by atoms with Crippen molar-refractivity contribution in [2.45, 2.75) is 77.0 Å². The quantitative estimate of drug-likeness (QED) is 0.0276. The molecule has 10 aromatic carbocycles. The summed E-state index contributed by atoms with van der Waals surface area (Å²) in [5.41, 5.74) is 12.2. The van der Waals surface area contributed by atoms with Crippen LogP contribution in [0.5, 0.6) is 23.0 Å². The molecule has 0 unspecified atom stereocenters. The monoisotopic (exact) mass is 1330 g/mol. The van der Waals surface area contributed by atoms with Crippen molar-refractivity contribution >= 4 is 111 Å². The van der Waals surface area contributed by atoms with E-state index in [0.29, 0.717) is 108 Å². The summed E-state index contributed by atoms with van der Waals surface area (Å²) in [5.74, 6) is -1.53. The number of carboxylic acid groups (broad SMARTS) is 4. The van der Waals surface area contributed by atoms with E-state index in [2.05, 4.69) is 119 Å². The summed E-state index contributed by atoms with van der Waals surface area (Å²) in [6.07, 6.45) is 3.68. The van der Waals surface area contributed by atoms with Crippen LogP contribution in [-0.2, 0) is 19.2 Å². The fourth-order valence-corrected chi connectivity index (χ4v) is 14.0. The molecule has 0 aliphatic carbocycles. The maximum Gasteiger partial charge on any atom is 0.303 e. The Morgan fingerprint density at radius 3 is 0.870 bits per heavy atom. The molecule has 16 nitrogen and oxygen atoms in total. The lowest BCUT2D eigenvalue weighted by Crippen LogP contribution is -2.03. The number of carbonyl (C=O) groups is 4. The van der Waals surface area contributed by atoms with Crippen LogP contribution >= 0.6 is 0 Å². The third kappa shape index (κ3) is 13.3. The number of carboxylic acids is 4. The number of H-pyrrole nitrogens is 2. The molecule has 0 saturated heterocycles. The Labute approximate surface area is 574 Å². The van der Waals surface area contributed by atoms with E-state index in [1.54, 1.807) is 0 Å². The van der Waals surface area contributed by atoms with Gasteiger partial charge in [-0.1, -0.05) is 97.1 Å². The number of unbranched alkanes of at least 4 members (excludes halogenated alkanes) is 4. The van der Waals surface area contributed by atoms with Gasteiger partial charge in [0.15, 0.2) is 0 Å². The van der Waals surface area contributed by atoms with Gasteiger partial charge >= 0.3 is 23.9 Å². The molecule has 3 aromatic heterocycles. The molecule has 2 aliphatic rings. The number of aromatic nitrogens is 4. The molecular formula is C84H70N4O12. The number of nitrogens with one attached hydrogen (secondary N) is 2. The summed E-state index contributed by atoms with van der Waals surface area (Å²) in [4.78, 5) is 66.5. The zero-order valence-corrected chi connectivity index (χ0v) is 54.7. The summed E-state index contributed by atoms with van der Waals surface area (Å²) in [7, 11) is 0. The first kappa shape index (κ1) is 64.0. The van der Waals surface area contributed by atoms with E-state index >= 15 is 0 Å². The molecule has 0 saturated carbocycles. The smallest absolute Gasteiger partial charge is 0.303 e. The van der Waals surface area contributed by atoms with Gasteiger partial charge in [0.05, 0.1) is 60.2 Å². The van der Waals surface area contributed by atoms with Crippen LogP contribution in [0.1, 0.15) is 77.0 Å².